The highest BCUT2D eigenvalue weighted by atomic mass is 16.5. The molecule has 4 nitrogen and oxygen atoms in total. The number of rotatable bonds is 5. The van der Waals surface area contributed by atoms with Gasteiger partial charge in [-0.2, -0.15) is 0 Å². The van der Waals surface area contributed by atoms with Gasteiger partial charge in [-0.05, 0) is 119 Å². The molecule has 1 saturated heterocycles. The number of likely N-dealkylation sites (tertiary alicyclic amines) is 1. The van der Waals surface area contributed by atoms with Gasteiger partial charge in [-0.3, -0.25) is 0 Å². The van der Waals surface area contributed by atoms with Gasteiger partial charge in [-0.25, -0.2) is 0 Å². The molecule has 0 radical (unpaired) electrons. The van der Waals surface area contributed by atoms with Crippen molar-refractivity contribution in [2.45, 2.75) is 96.2 Å². The number of fused-ring (bicyclic) bond motifs is 5. The maximum Gasteiger partial charge on any atom is 0.0983 e. The van der Waals surface area contributed by atoms with Crippen LogP contribution in [0.1, 0.15) is 90.0 Å². The van der Waals surface area contributed by atoms with E-state index in [0.717, 1.165) is 49.3 Å². The van der Waals surface area contributed by atoms with Crippen molar-refractivity contribution >= 4 is 0 Å². The first-order valence-corrected chi connectivity index (χ1v) is 14.0. The number of ether oxygens (including phenoxy) is 1. The lowest BCUT2D eigenvalue weighted by atomic mass is 9.44. The minimum atomic E-state index is -0.714. The lowest BCUT2D eigenvalue weighted by molar-refractivity contribution is -0.165. The van der Waals surface area contributed by atoms with E-state index >= 15 is 0 Å². The normalized spacial score (nSPS) is 47.8. The van der Waals surface area contributed by atoms with Gasteiger partial charge >= 0.3 is 0 Å². The van der Waals surface area contributed by atoms with Gasteiger partial charge in [0.1, 0.15) is 0 Å². The Kier molecular flexibility index (Phi) is 5.74. The molecule has 4 heteroatoms. The Hall–Kier alpha value is -0.840. The number of furan rings is 1. The summed E-state index contributed by atoms with van der Waals surface area (Å²) in [6, 6.07) is 2.00. The van der Waals surface area contributed by atoms with Crippen LogP contribution in [0, 0.1) is 34.5 Å². The molecule has 184 valence electrons. The van der Waals surface area contributed by atoms with Crippen molar-refractivity contribution in [1.29, 1.82) is 0 Å². The quantitative estimate of drug-likeness (QED) is 0.592. The van der Waals surface area contributed by atoms with Crippen LogP contribution in [0.15, 0.2) is 23.0 Å². The Labute approximate surface area is 200 Å². The van der Waals surface area contributed by atoms with Gasteiger partial charge < -0.3 is 19.2 Å². The SMILES string of the molecule is C[C@]12CC[C@H](OCCN3CCCC3)CC1CC[C@@H]1[C@@H]2CC[C@@]2(C)[C@H]1CC[C@@]2(O)c1ccoc1. The van der Waals surface area contributed by atoms with Gasteiger partial charge in [0.2, 0.25) is 0 Å². The van der Waals surface area contributed by atoms with Crippen LogP contribution in [-0.4, -0.2) is 42.4 Å². The first-order valence-electron chi connectivity index (χ1n) is 14.0. The summed E-state index contributed by atoms with van der Waals surface area (Å²) in [7, 11) is 0. The zero-order valence-corrected chi connectivity index (χ0v) is 20.9. The van der Waals surface area contributed by atoms with E-state index in [1.165, 1.54) is 70.9 Å². The van der Waals surface area contributed by atoms with Gasteiger partial charge in [-0.1, -0.05) is 13.8 Å². The molecule has 0 bridgehead atoms. The molecule has 0 amide bonds. The molecular weight excluding hydrogens is 410 g/mol. The molecule has 33 heavy (non-hydrogen) atoms. The van der Waals surface area contributed by atoms with E-state index in [-0.39, 0.29) is 5.41 Å². The lowest BCUT2D eigenvalue weighted by Gasteiger charge is -2.61. The molecule has 5 fully saturated rings. The summed E-state index contributed by atoms with van der Waals surface area (Å²) >= 11 is 0. The first-order chi connectivity index (χ1) is 15.9. The largest absolute Gasteiger partial charge is 0.472 e. The van der Waals surface area contributed by atoms with Crippen molar-refractivity contribution < 1.29 is 14.3 Å². The molecule has 0 spiro atoms. The Bertz CT molecular complexity index is 819. The van der Waals surface area contributed by atoms with Crippen LogP contribution < -0.4 is 0 Å². The van der Waals surface area contributed by atoms with Gasteiger partial charge in [0.05, 0.1) is 30.8 Å². The molecule has 1 N–H and O–H groups in total. The Balaban J connectivity index is 1.12. The summed E-state index contributed by atoms with van der Waals surface area (Å²) in [6.45, 7) is 9.62. The fraction of sp³-hybridized carbons (Fsp3) is 0.862. The second-order valence-corrected chi connectivity index (χ2v) is 12.8. The monoisotopic (exact) mass is 455 g/mol. The van der Waals surface area contributed by atoms with Crippen LogP contribution in [0.2, 0.25) is 0 Å². The molecule has 1 aromatic heterocycles. The average Bonchev–Trinajstić information content (AvgIpc) is 3.56. The van der Waals surface area contributed by atoms with Crippen molar-refractivity contribution in [1.82, 2.24) is 4.90 Å². The molecule has 8 atom stereocenters. The minimum absolute atomic E-state index is 0.0167. The highest BCUT2D eigenvalue weighted by molar-refractivity contribution is 5.26. The Morgan fingerprint density at radius 2 is 1.85 bits per heavy atom. The Morgan fingerprint density at radius 1 is 1.03 bits per heavy atom. The molecule has 1 aromatic rings. The van der Waals surface area contributed by atoms with E-state index in [2.05, 4.69) is 18.7 Å². The number of hydrogen-bond acceptors (Lipinski definition) is 4. The summed E-state index contributed by atoms with van der Waals surface area (Å²) in [5.74, 6) is 3.07. The zero-order valence-electron chi connectivity index (χ0n) is 20.9. The standard InChI is InChI=1S/C29H45NO3/c1-27-11-7-23(33-18-16-30-14-3-4-15-30)19-21(27)5-6-24-25(27)8-12-28(2)26(24)9-13-29(28,31)22-10-17-32-20-22/h10,17,20-21,23-26,31H,3-9,11-16,18-19H2,1-2H3/t21?,23-,24+,25-,26-,27-,28-,29+/m0/s1. The van der Waals surface area contributed by atoms with Crippen molar-refractivity contribution in [3.63, 3.8) is 0 Å². The van der Waals surface area contributed by atoms with E-state index in [1.807, 2.05) is 6.07 Å². The molecule has 1 unspecified atom stereocenters. The summed E-state index contributed by atoms with van der Waals surface area (Å²) in [5.41, 5.74) is 0.748. The van der Waals surface area contributed by atoms with Crippen LogP contribution in [0.4, 0.5) is 0 Å². The smallest absolute Gasteiger partial charge is 0.0983 e. The van der Waals surface area contributed by atoms with Crippen LogP contribution in [-0.2, 0) is 10.3 Å². The first kappa shape index (κ1) is 22.6. The maximum atomic E-state index is 11.9. The predicted octanol–water partition coefficient (Wildman–Crippen LogP) is 5.99. The third-order valence-corrected chi connectivity index (χ3v) is 11.7. The van der Waals surface area contributed by atoms with Crippen LogP contribution in [0.5, 0.6) is 0 Å². The second kappa shape index (κ2) is 8.38. The van der Waals surface area contributed by atoms with Crippen molar-refractivity contribution in [2.24, 2.45) is 34.5 Å². The van der Waals surface area contributed by atoms with Gasteiger partial charge in [0.15, 0.2) is 0 Å². The molecule has 6 rings (SSSR count). The van der Waals surface area contributed by atoms with Crippen molar-refractivity contribution in [2.75, 3.05) is 26.2 Å². The summed E-state index contributed by atoms with van der Waals surface area (Å²) in [5, 5.41) is 11.9. The summed E-state index contributed by atoms with van der Waals surface area (Å²) < 4.78 is 11.8. The molecule has 2 heterocycles. The van der Waals surface area contributed by atoms with Crippen LogP contribution in [0.25, 0.3) is 0 Å². The predicted molar refractivity (Wildman–Crippen MR) is 130 cm³/mol. The van der Waals surface area contributed by atoms with Gasteiger partial charge in [0.25, 0.3) is 0 Å². The van der Waals surface area contributed by atoms with E-state index in [1.54, 1.807) is 12.5 Å². The second-order valence-electron chi connectivity index (χ2n) is 12.8. The van der Waals surface area contributed by atoms with E-state index in [0.29, 0.717) is 17.4 Å². The minimum Gasteiger partial charge on any atom is -0.472 e. The maximum absolute atomic E-state index is 11.9. The zero-order chi connectivity index (χ0) is 22.7. The highest BCUT2D eigenvalue weighted by Crippen LogP contribution is 2.70. The Morgan fingerprint density at radius 3 is 2.64 bits per heavy atom. The molecular formula is C29H45NO3. The van der Waals surface area contributed by atoms with Crippen molar-refractivity contribution in [3.05, 3.63) is 24.2 Å². The molecule has 4 aliphatic carbocycles. The molecule has 5 aliphatic rings. The summed E-state index contributed by atoms with van der Waals surface area (Å²) in [6.07, 6.45) is 17.8. The van der Waals surface area contributed by atoms with E-state index in [9.17, 15) is 5.11 Å². The van der Waals surface area contributed by atoms with E-state index in [4.69, 9.17) is 9.15 Å². The van der Waals surface area contributed by atoms with E-state index < -0.39 is 5.60 Å². The molecule has 1 aliphatic heterocycles. The fourth-order valence-electron chi connectivity index (χ4n) is 9.71. The number of nitrogens with zero attached hydrogens (tertiary/aromatic N) is 1. The molecule has 4 saturated carbocycles. The van der Waals surface area contributed by atoms with Crippen LogP contribution >= 0.6 is 0 Å². The number of hydrogen-bond donors (Lipinski definition) is 1. The topological polar surface area (TPSA) is 45.8 Å². The third kappa shape index (κ3) is 3.49. The fourth-order valence-corrected chi connectivity index (χ4v) is 9.71. The third-order valence-electron chi connectivity index (χ3n) is 11.7. The van der Waals surface area contributed by atoms with Gasteiger partial charge in [-0.15, -0.1) is 0 Å². The summed E-state index contributed by atoms with van der Waals surface area (Å²) in [4.78, 5) is 2.57. The average molecular weight is 456 g/mol. The van der Waals surface area contributed by atoms with Crippen LogP contribution in [0.3, 0.4) is 0 Å². The highest BCUT2D eigenvalue weighted by Gasteiger charge is 2.65. The van der Waals surface area contributed by atoms with Crippen molar-refractivity contribution in [3.8, 4) is 0 Å². The molecule has 0 aromatic carbocycles. The number of aliphatic hydroxyl groups is 1. The van der Waals surface area contributed by atoms with Gasteiger partial charge in [0, 0.05) is 17.5 Å². The lowest BCUT2D eigenvalue weighted by Crippen LogP contribution is -2.56.